The van der Waals surface area contributed by atoms with Crippen molar-refractivity contribution in [3.05, 3.63) is 125 Å². The number of nitrogens with zero attached hydrogens (tertiary/aromatic N) is 3. The highest BCUT2D eigenvalue weighted by Crippen LogP contribution is 2.44. The minimum Gasteiger partial charge on any atom is -0.479 e. The summed E-state index contributed by atoms with van der Waals surface area (Å²) < 4.78 is 7.36. The lowest BCUT2D eigenvalue weighted by molar-refractivity contribution is 0.0692. The molecule has 0 saturated heterocycles. The van der Waals surface area contributed by atoms with Gasteiger partial charge in [0.05, 0.1) is 18.0 Å². The van der Waals surface area contributed by atoms with Gasteiger partial charge in [-0.25, -0.2) is 14.5 Å². The predicted octanol–water partition coefficient (Wildman–Crippen LogP) is 5.63. The van der Waals surface area contributed by atoms with Crippen LogP contribution in [0.15, 0.2) is 97.1 Å². The number of methoxy groups -OCH3 is 1. The van der Waals surface area contributed by atoms with Crippen LogP contribution in [0.25, 0.3) is 10.9 Å². The van der Waals surface area contributed by atoms with E-state index < -0.39 is 11.5 Å². The molecule has 34 heavy (non-hydrogen) atoms. The zero-order valence-electron chi connectivity index (χ0n) is 18.2. The van der Waals surface area contributed by atoms with Crippen LogP contribution in [0.5, 0.6) is 5.88 Å². The van der Waals surface area contributed by atoms with Gasteiger partial charge < -0.3 is 9.84 Å². The molecule has 0 unspecified atom stereocenters. The van der Waals surface area contributed by atoms with E-state index in [9.17, 15) is 9.90 Å². The number of aromatic nitrogens is 3. The van der Waals surface area contributed by atoms with Gasteiger partial charge in [-0.1, -0.05) is 103 Å². The number of hydrogen-bond acceptors (Lipinski definition) is 4. The Kier molecular flexibility index (Phi) is 5.51. The van der Waals surface area contributed by atoms with Gasteiger partial charge in [0.1, 0.15) is 10.7 Å². The first-order chi connectivity index (χ1) is 16.6. The number of halogens is 1. The second kappa shape index (κ2) is 8.65. The third-order valence-electron chi connectivity index (χ3n) is 5.89. The van der Waals surface area contributed by atoms with E-state index in [1.807, 2.05) is 91.0 Å². The fourth-order valence-electron chi connectivity index (χ4n) is 4.53. The Balaban J connectivity index is 2.02. The average molecular weight is 470 g/mol. The monoisotopic (exact) mass is 469 g/mol. The third kappa shape index (κ3) is 3.31. The van der Waals surface area contributed by atoms with Crippen molar-refractivity contribution in [3.63, 3.8) is 0 Å². The molecular weight excluding hydrogens is 450 g/mol. The number of benzene rings is 3. The van der Waals surface area contributed by atoms with Crippen LogP contribution >= 0.6 is 11.6 Å². The SMILES string of the molecule is COc1nn(C(c2ccccc2)(c2ccccc2)c2ccccc2)c2cc(Cl)nc(C(=O)O)c12. The lowest BCUT2D eigenvalue weighted by Gasteiger charge is -2.36. The molecule has 168 valence electrons. The molecule has 5 aromatic rings. The quantitative estimate of drug-likeness (QED) is 0.257. The number of fused-ring (bicyclic) bond motifs is 1. The van der Waals surface area contributed by atoms with Gasteiger partial charge in [0.25, 0.3) is 0 Å². The summed E-state index contributed by atoms with van der Waals surface area (Å²) in [5, 5.41) is 15.0. The molecule has 0 amide bonds. The molecule has 0 atom stereocenters. The van der Waals surface area contributed by atoms with E-state index in [1.54, 1.807) is 10.7 Å². The van der Waals surface area contributed by atoms with Gasteiger partial charge in [0.2, 0.25) is 5.88 Å². The first-order valence-corrected chi connectivity index (χ1v) is 11.0. The summed E-state index contributed by atoms with van der Waals surface area (Å²) in [5.41, 5.74) is 2.12. The molecule has 0 spiro atoms. The van der Waals surface area contributed by atoms with E-state index in [0.29, 0.717) is 5.52 Å². The van der Waals surface area contributed by atoms with Crippen LogP contribution in [0.2, 0.25) is 5.15 Å². The standard InChI is InChI=1S/C27H20ClN3O3/c1-34-25-23-21(17-22(28)29-24(23)26(32)33)31(30-25)27(18-11-5-2-6-12-18,19-13-7-3-8-14-19)20-15-9-4-10-16-20/h2-17H,1H3,(H,32,33). The van der Waals surface area contributed by atoms with Crippen LogP contribution in [0, 0.1) is 0 Å². The van der Waals surface area contributed by atoms with Gasteiger partial charge in [-0.15, -0.1) is 5.10 Å². The van der Waals surface area contributed by atoms with Crippen LogP contribution in [-0.2, 0) is 5.54 Å². The molecule has 7 heteroatoms. The van der Waals surface area contributed by atoms with E-state index in [0.717, 1.165) is 16.7 Å². The van der Waals surface area contributed by atoms with Gasteiger partial charge in [-0.3, -0.25) is 0 Å². The van der Waals surface area contributed by atoms with E-state index >= 15 is 0 Å². The lowest BCUT2D eigenvalue weighted by atomic mass is 9.77. The number of pyridine rings is 1. The molecule has 6 nitrogen and oxygen atoms in total. The molecule has 0 fully saturated rings. The Labute approximate surface area is 201 Å². The van der Waals surface area contributed by atoms with Crippen molar-refractivity contribution in [3.8, 4) is 5.88 Å². The maximum Gasteiger partial charge on any atom is 0.355 e. The molecule has 0 aliphatic carbocycles. The minimum absolute atomic E-state index is 0.0526. The van der Waals surface area contributed by atoms with Crippen LogP contribution < -0.4 is 4.74 Å². The maximum atomic E-state index is 12.1. The number of aromatic carboxylic acids is 1. The highest BCUT2D eigenvalue weighted by Gasteiger charge is 2.41. The molecule has 2 heterocycles. The largest absolute Gasteiger partial charge is 0.479 e. The van der Waals surface area contributed by atoms with Crippen molar-refractivity contribution in [2.45, 2.75) is 5.54 Å². The summed E-state index contributed by atoms with van der Waals surface area (Å²) >= 11 is 6.32. The summed E-state index contributed by atoms with van der Waals surface area (Å²) in [6.45, 7) is 0. The Morgan fingerprint density at radius 1 is 0.882 bits per heavy atom. The van der Waals surface area contributed by atoms with Gasteiger partial charge in [0, 0.05) is 6.07 Å². The van der Waals surface area contributed by atoms with Crippen LogP contribution in [-0.4, -0.2) is 33.0 Å². The fraction of sp³-hybridized carbons (Fsp3) is 0.0741. The van der Waals surface area contributed by atoms with Gasteiger partial charge in [-0.2, -0.15) is 0 Å². The molecule has 0 bridgehead atoms. The van der Waals surface area contributed by atoms with E-state index in [4.69, 9.17) is 21.4 Å². The first kappa shape index (κ1) is 21.7. The normalized spacial score (nSPS) is 11.5. The summed E-state index contributed by atoms with van der Waals surface area (Å²) in [6, 6.07) is 31.5. The number of carbonyl (C=O) groups is 1. The average Bonchev–Trinajstić information content (AvgIpc) is 3.24. The highest BCUT2D eigenvalue weighted by atomic mass is 35.5. The Morgan fingerprint density at radius 2 is 1.35 bits per heavy atom. The highest BCUT2D eigenvalue weighted by molar-refractivity contribution is 6.30. The van der Waals surface area contributed by atoms with E-state index in [-0.39, 0.29) is 22.1 Å². The molecule has 3 aromatic carbocycles. The van der Waals surface area contributed by atoms with Gasteiger partial charge in [0.15, 0.2) is 5.69 Å². The van der Waals surface area contributed by atoms with Crippen molar-refractivity contribution in [1.82, 2.24) is 14.8 Å². The fourth-order valence-corrected chi connectivity index (χ4v) is 4.72. The Hall–Kier alpha value is -4.16. The predicted molar refractivity (Wildman–Crippen MR) is 131 cm³/mol. The van der Waals surface area contributed by atoms with Crippen molar-refractivity contribution < 1.29 is 14.6 Å². The number of carboxylic acids is 1. The second-order valence-corrected chi connectivity index (χ2v) is 8.11. The minimum atomic E-state index is -1.21. The summed E-state index contributed by atoms with van der Waals surface area (Å²) in [7, 11) is 1.46. The number of ether oxygens (including phenoxy) is 1. The van der Waals surface area contributed by atoms with Gasteiger partial charge in [-0.05, 0) is 16.7 Å². The van der Waals surface area contributed by atoms with E-state index in [1.165, 1.54) is 7.11 Å². The molecule has 0 aliphatic heterocycles. The van der Waals surface area contributed by atoms with Crippen LogP contribution in [0.4, 0.5) is 0 Å². The molecule has 0 radical (unpaired) electrons. The zero-order valence-corrected chi connectivity index (χ0v) is 19.0. The second-order valence-electron chi connectivity index (χ2n) is 7.72. The molecule has 0 aliphatic rings. The van der Waals surface area contributed by atoms with E-state index in [2.05, 4.69) is 4.98 Å². The topological polar surface area (TPSA) is 77.2 Å². The summed E-state index contributed by atoms with van der Waals surface area (Å²) in [5.74, 6) is -1.06. The Bertz CT molecular complexity index is 1370. The van der Waals surface area contributed by atoms with Crippen LogP contribution in [0.1, 0.15) is 27.2 Å². The molecule has 5 rings (SSSR count). The first-order valence-electron chi connectivity index (χ1n) is 10.6. The van der Waals surface area contributed by atoms with Crippen molar-refractivity contribution in [2.24, 2.45) is 0 Å². The molecular formula is C27H20ClN3O3. The third-order valence-corrected chi connectivity index (χ3v) is 6.08. The maximum absolute atomic E-state index is 12.1. The molecule has 1 N–H and O–H groups in total. The molecule has 0 saturated carbocycles. The lowest BCUT2D eigenvalue weighted by Crippen LogP contribution is -2.38. The van der Waals surface area contributed by atoms with Crippen molar-refractivity contribution in [1.29, 1.82) is 0 Å². The Morgan fingerprint density at radius 3 is 1.76 bits per heavy atom. The molecule has 2 aromatic heterocycles. The number of hydrogen-bond donors (Lipinski definition) is 1. The van der Waals surface area contributed by atoms with Crippen molar-refractivity contribution in [2.75, 3.05) is 7.11 Å². The number of carboxylic acid groups (broad SMARTS) is 1. The summed E-state index contributed by atoms with van der Waals surface area (Å²) in [4.78, 5) is 16.1. The smallest absolute Gasteiger partial charge is 0.355 e. The zero-order chi connectivity index (χ0) is 23.7. The van der Waals surface area contributed by atoms with Crippen LogP contribution in [0.3, 0.4) is 0 Å². The number of rotatable bonds is 6. The van der Waals surface area contributed by atoms with Gasteiger partial charge >= 0.3 is 5.97 Å². The summed E-state index contributed by atoms with van der Waals surface area (Å²) in [6.07, 6.45) is 0. The van der Waals surface area contributed by atoms with Crippen molar-refractivity contribution >= 4 is 28.5 Å².